The van der Waals surface area contributed by atoms with Gasteiger partial charge in [0.1, 0.15) is 5.76 Å². The zero-order valence-electron chi connectivity index (χ0n) is 15.0. The number of hydrogen-bond acceptors (Lipinski definition) is 5. The molecule has 2 aromatic rings. The van der Waals surface area contributed by atoms with Gasteiger partial charge in [-0.25, -0.2) is 0 Å². The number of ketones is 1. The van der Waals surface area contributed by atoms with Gasteiger partial charge in [-0.3, -0.25) is 9.59 Å². The highest BCUT2D eigenvalue weighted by Crippen LogP contribution is 2.39. The first kappa shape index (κ1) is 20.1. The zero-order chi connectivity index (χ0) is 20.1. The van der Waals surface area contributed by atoms with Crippen molar-refractivity contribution >= 4 is 29.1 Å². The van der Waals surface area contributed by atoms with Crippen LogP contribution in [0.15, 0.2) is 60.2 Å². The summed E-state index contributed by atoms with van der Waals surface area (Å²) in [6.45, 7) is 0.305. The molecule has 2 aromatic carbocycles. The van der Waals surface area contributed by atoms with Crippen molar-refractivity contribution in [2.45, 2.75) is 6.04 Å². The largest absolute Gasteiger partial charge is 0.507 e. The Morgan fingerprint density at radius 2 is 1.71 bits per heavy atom. The minimum absolute atomic E-state index is 0.0284. The second kappa shape index (κ2) is 9.01. The third-order valence-electron chi connectivity index (χ3n) is 4.49. The zero-order valence-corrected chi connectivity index (χ0v) is 15.8. The molecule has 28 heavy (non-hydrogen) atoms. The fourth-order valence-corrected chi connectivity index (χ4v) is 3.31. The molecule has 1 heterocycles. The number of likely N-dealkylation sites (tertiary alicyclic amines) is 1. The molecule has 1 amide bonds. The lowest BCUT2D eigenvalue weighted by Crippen LogP contribution is -2.33. The third kappa shape index (κ3) is 4.09. The number of amides is 1. The molecule has 0 aromatic heterocycles. The van der Waals surface area contributed by atoms with Crippen LogP contribution in [0, 0.1) is 0 Å². The standard InChI is InChI=1S/C21H20ClNO5/c22-16-8-6-14(7-9-16)18-17(19(25)15-4-2-1-3-5-15)20(26)21(27)23(18)10-12-28-13-11-24/h1-9,18,24-25H,10-13H2. The van der Waals surface area contributed by atoms with Crippen LogP contribution < -0.4 is 0 Å². The summed E-state index contributed by atoms with van der Waals surface area (Å²) in [6.07, 6.45) is 0. The van der Waals surface area contributed by atoms with Crippen molar-refractivity contribution < 1.29 is 24.5 Å². The summed E-state index contributed by atoms with van der Waals surface area (Å²) in [7, 11) is 0. The molecule has 1 unspecified atom stereocenters. The van der Waals surface area contributed by atoms with Crippen molar-refractivity contribution in [1.29, 1.82) is 0 Å². The van der Waals surface area contributed by atoms with E-state index in [1.54, 1.807) is 54.6 Å². The van der Waals surface area contributed by atoms with Gasteiger partial charge in [-0.1, -0.05) is 54.1 Å². The molecule has 3 rings (SSSR count). The lowest BCUT2D eigenvalue weighted by molar-refractivity contribution is -0.140. The van der Waals surface area contributed by atoms with E-state index in [1.807, 2.05) is 0 Å². The summed E-state index contributed by atoms with van der Waals surface area (Å²) in [5.41, 5.74) is 1.14. The van der Waals surface area contributed by atoms with E-state index in [2.05, 4.69) is 0 Å². The van der Waals surface area contributed by atoms with Crippen LogP contribution in [0.1, 0.15) is 17.2 Å². The Hall–Kier alpha value is -2.67. The molecule has 0 bridgehead atoms. The van der Waals surface area contributed by atoms with E-state index < -0.39 is 17.7 Å². The maximum atomic E-state index is 12.8. The van der Waals surface area contributed by atoms with E-state index >= 15 is 0 Å². The molecular weight excluding hydrogens is 382 g/mol. The molecule has 146 valence electrons. The van der Waals surface area contributed by atoms with Crippen LogP contribution in [0.3, 0.4) is 0 Å². The van der Waals surface area contributed by atoms with Gasteiger partial charge in [0, 0.05) is 17.1 Å². The molecule has 0 aliphatic carbocycles. The number of rotatable bonds is 7. The number of halogens is 1. The number of hydrogen-bond donors (Lipinski definition) is 2. The summed E-state index contributed by atoms with van der Waals surface area (Å²) < 4.78 is 5.26. The first-order valence-corrected chi connectivity index (χ1v) is 9.20. The Morgan fingerprint density at radius 1 is 1.04 bits per heavy atom. The molecule has 0 saturated carbocycles. The molecule has 2 N–H and O–H groups in total. The summed E-state index contributed by atoms with van der Waals surface area (Å²) in [5.74, 6) is -1.67. The smallest absolute Gasteiger partial charge is 0.295 e. The fraction of sp³-hybridized carbons (Fsp3) is 0.238. The highest BCUT2D eigenvalue weighted by molar-refractivity contribution is 6.46. The number of ether oxygens (including phenoxy) is 1. The van der Waals surface area contributed by atoms with Crippen molar-refractivity contribution in [3.63, 3.8) is 0 Å². The van der Waals surface area contributed by atoms with Crippen LogP contribution in [0.4, 0.5) is 0 Å². The Bertz CT molecular complexity index is 879. The number of benzene rings is 2. The highest BCUT2D eigenvalue weighted by atomic mass is 35.5. The number of aliphatic hydroxyl groups is 2. The number of carbonyl (C=O) groups is 2. The van der Waals surface area contributed by atoms with Gasteiger partial charge in [-0.05, 0) is 17.7 Å². The average molecular weight is 402 g/mol. The van der Waals surface area contributed by atoms with E-state index in [-0.39, 0.29) is 37.7 Å². The highest BCUT2D eigenvalue weighted by Gasteiger charge is 2.45. The SMILES string of the molecule is O=C1C(=O)N(CCOCCO)C(c2ccc(Cl)cc2)C1=C(O)c1ccccc1. The van der Waals surface area contributed by atoms with Gasteiger partial charge in [-0.15, -0.1) is 0 Å². The Labute approximate surface area is 167 Å². The van der Waals surface area contributed by atoms with Crippen molar-refractivity contribution in [3.05, 3.63) is 76.3 Å². The van der Waals surface area contributed by atoms with Gasteiger partial charge >= 0.3 is 0 Å². The minimum atomic E-state index is -0.754. The quantitative estimate of drug-likeness (QED) is 0.322. The number of carbonyl (C=O) groups excluding carboxylic acids is 2. The molecule has 1 aliphatic rings. The summed E-state index contributed by atoms with van der Waals surface area (Å²) in [5, 5.41) is 20.2. The van der Waals surface area contributed by atoms with Crippen LogP contribution >= 0.6 is 11.6 Å². The van der Waals surface area contributed by atoms with Gasteiger partial charge in [-0.2, -0.15) is 0 Å². The number of nitrogens with zero attached hydrogens (tertiary/aromatic N) is 1. The van der Waals surface area contributed by atoms with E-state index in [4.69, 9.17) is 21.4 Å². The van der Waals surface area contributed by atoms with Gasteiger partial charge in [0.15, 0.2) is 0 Å². The van der Waals surface area contributed by atoms with Gasteiger partial charge in [0.05, 0.1) is 31.4 Å². The fourth-order valence-electron chi connectivity index (χ4n) is 3.18. The molecular formula is C21H20ClNO5. The molecule has 1 fully saturated rings. The van der Waals surface area contributed by atoms with E-state index in [0.29, 0.717) is 16.1 Å². The lowest BCUT2D eigenvalue weighted by atomic mass is 9.95. The predicted octanol–water partition coefficient (Wildman–Crippen LogP) is 2.77. The van der Waals surface area contributed by atoms with Crippen LogP contribution in [-0.4, -0.2) is 53.2 Å². The van der Waals surface area contributed by atoms with E-state index in [1.165, 1.54) is 4.90 Å². The minimum Gasteiger partial charge on any atom is -0.507 e. The van der Waals surface area contributed by atoms with Gasteiger partial charge in [0.25, 0.3) is 11.7 Å². The summed E-state index contributed by atoms with van der Waals surface area (Å²) in [6, 6.07) is 14.6. The molecule has 7 heteroatoms. The Morgan fingerprint density at radius 3 is 2.36 bits per heavy atom. The molecule has 0 radical (unpaired) electrons. The molecule has 1 aliphatic heterocycles. The average Bonchev–Trinajstić information content (AvgIpc) is 2.97. The van der Waals surface area contributed by atoms with Crippen molar-refractivity contribution in [2.24, 2.45) is 0 Å². The van der Waals surface area contributed by atoms with Gasteiger partial charge in [0.2, 0.25) is 0 Å². The van der Waals surface area contributed by atoms with Gasteiger partial charge < -0.3 is 19.8 Å². The third-order valence-corrected chi connectivity index (χ3v) is 4.74. The monoisotopic (exact) mass is 401 g/mol. The molecule has 0 spiro atoms. The van der Waals surface area contributed by atoms with E-state index in [0.717, 1.165) is 0 Å². The maximum Gasteiger partial charge on any atom is 0.295 e. The summed E-state index contributed by atoms with van der Waals surface area (Å²) >= 11 is 5.97. The van der Waals surface area contributed by atoms with Crippen LogP contribution in [0.25, 0.3) is 5.76 Å². The molecule has 1 saturated heterocycles. The van der Waals surface area contributed by atoms with Crippen LogP contribution in [-0.2, 0) is 14.3 Å². The van der Waals surface area contributed by atoms with Crippen LogP contribution in [0.5, 0.6) is 0 Å². The normalized spacial score (nSPS) is 18.6. The second-order valence-electron chi connectivity index (χ2n) is 6.25. The maximum absolute atomic E-state index is 12.8. The first-order valence-electron chi connectivity index (χ1n) is 8.82. The Kier molecular flexibility index (Phi) is 6.46. The van der Waals surface area contributed by atoms with Crippen LogP contribution in [0.2, 0.25) is 5.02 Å². The first-order chi connectivity index (χ1) is 13.5. The van der Waals surface area contributed by atoms with E-state index in [9.17, 15) is 14.7 Å². The molecule has 1 atom stereocenters. The number of Topliss-reactive ketones (excluding diaryl/α,β-unsaturated/α-hetero) is 1. The number of aliphatic hydroxyl groups excluding tert-OH is 2. The van der Waals surface area contributed by atoms with Crippen molar-refractivity contribution in [2.75, 3.05) is 26.4 Å². The molecule has 6 nitrogen and oxygen atoms in total. The van der Waals surface area contributed by atoms with Crippen molar-refractivity contribution in [3.8, 4) is 0 Å². The lowest BCUT2D eigenvalue weighted by Gasteiger charge is -2.25. The topological polar surface area (TPSA) is 87.1 Å². The second-order valence-corrected chi connectivity index (χ2v) is 6.68. The predicted molar refractivity (Wildman–Crippen MR) is 105 cm³/mol. The summed E-state index contributed by atoms with van der Waals surface area (Å²) in [4.78, 5) is 26.8. The van der Waals surface area contributed by atoms with Crippen molar-refractivity contribution in [1.82, 2.24) is 4.90 Å². The Balaban J connectivity index is 2.04.